The zero-order chi connectivity index (χ0) is 9.80. The smallest absolute Gasteiger partial charge is 0.285 e. The molecule has 0 saturated heterocycles. The van der Waals surface area contributed by atoms with Crippen molar-refractivity contribution in [2.75, 3.05) is 13.2 Å². The Balaban J connectivity index is 1.91. The number of amidine groups is 1. The Bertz CT molecular complexity index is 352. The van der Waals surface area contributed by atoms with Crippen molar-refractivity contribution < 1.29 is 4.74 Å². The number of aliphatic imine (C=N–C) groups is 1. The van der Waals surface area contributed by atoms with E-state index >= 15 is 0 Å². The normalized spacial score (nSPS) is 14.8. The molecule has 0 unspecified atom stereocenters. The highest BCUT2D eigenvalue weighted by Crippen LogP contribution is 2.11. The topological polar surface area (TPSA) is 33.6 Å². The minimum atomic E-state index is 0.657. The van der Waals surface area contributed by atoms with Crippen molar-refractivity contribution in [3.63, 3.8) is 0 Å². The first-order valence-electron chi connectivity index (χ1n) is 4.50. The molecule has 0 fully saturated rings. The van der Waals surface area contributed by atoms with E-state index < -0.39 is 0 Å². The molecule has 1 aromatic rings. The van der Waals surface area contributed by atoms with Crippen LogP contribution in [-0.2, 0) is 11.3 Å². The molecule has 2 rings (SSSR count). The second-order valence-electron chi connectivity index (χ2n) is 3.02. The van der Waals surface area contributed by atoms with Crippen molar-refractivity contribution in [1.82, 2.24) is 5.32 Å². The lowest BCUT2D eigenvalue weighted by Gasteiger charge is -2.05. The Morgan fingerprint density at radius 1 is 1.50 bits per heavy atom. The van der Waals surface area contributed by atoms with Crippen LogP contribution in [-0.4, -0.2) is 19.2 Å². The average molecular weight is 255 g/mol. The molecule has 0 saturated carbocycles. The fraction of sp³-hybridized carbons (Fsp3) is 0.300. The fourth-order valence-corrected chi connectivity index (χ4v) is 1.71. The Morgan fingerprint density at radius 3 is 3.14 bits per heavy atom. The van der Waals surface area contributed by atoms with Crippen LogP contribution >= 0.6 is 15.9 Å². The summed E-state index contributed by atoms with van der Waals surface area (Å²) in [4.78, 5) is 4.14. The van der Waals surface area contributed by atoms with Gasteiger partial charge < -0.3 is 10.1 Å². The van der Waals surface area contributed by atoms with Crippen molar-refractivity contribution in [2.24, 2.45) is 4.99 Å². The lowest BCUT2D eigenvalue weighted by molar-refractivity contribution is 0.331. The van der Waals surface area contributed by atoms with Gasteiger partial charge in [-0.25, -0.2) is 4.99 Å². The molecule has 0 atom stereocenters. The molecule has 1 N–H and O–H groups in total. The fourth-order valence-electron chi connectivity index (χ4n) is 1.27. The lowest BCUT2D eigenvalue weighted by atomic mass is 10.2. The summed E-state index contributed by atoms with van der Waals surface area (Å²) in [6.07, 6.45) is 0. The molecule has 14 heavy (non-hydrogen) atoms. The lowest BCUT2D eigenvalue weighted by Crippen LogP contribution is -2.22. The standard InChI is InChI=1S/C10H11BrN2O/c11-9-3-1-2-8(6-9)7-13-10-12-4-5-14-10/h1-3,6H,4-5,7H2,(H,12,13). The van der Waals surface area contributed by atoms with Crippen molar-refractivity contribution >= 4 is 22.0 Å². The number of nitrogens with one attached hydrogen (secondary N) is 1. The van der Waals surface area contributed by atoms with E-state index in [1.165, 1.54) is 5.56 Å². The first kappa shape index (κ1) is 9.52. The molecule has 1 heterocycles. The molecular weight excluding hydrogens is 244 g/mol. The van der Waals surface area contributed by atoms with Crippen molar-refractivity contribution in [3.8, 4) is 0 Å². The molecule has 1 aliphatic heterocycles. The monoisotopic (exact) mass is 254 g/mol. The second kappa shape index (κ2) is 4.46. The maximum absolute atomic E-state index is 5.23. The van der Waals surface area contributed by atoms with Gasteiger partial charge in [0.1, 0.15) is 6.61 Å². The van der Waals surface area contributed by atoms with Gasteiger partial charge in [-0.3, -0.25) is 0 Å². The average Bonchev–Trinajstić information content (AvgIpc) is 2.67. The minimum absolute atomic E-state index is 0.657. The number of halogens is 1. The Hall–Kier alpha value is -1.03. The first-order chi connectivity index (χ1) is 6.84. The van der Waals surface area contributed by atoms with Crippen LogP contribution in [0.5, 0.6) is 0 Å². The number of ether oxygens (including phenoxy) is 1. The van der Waals surface area contributed by atoms with Crippen LogP contribution in [0.15, 0.2) is 33.7 Å². The number of hydrogen-bond acceptors (Lipinski definition) is 3. The number of nitrogens with zero attached hydrogens (tertiary/aromatic N) is 1. The van der Waals surface area contributed by atoms with E-state index in [9.17, 15) is 0 Å². The van der Waals surface area contributed by atoms with E-state index in [0.29, 0.717) is 12.6 Å². The van der Waals surface area contributed by atoms with E-state index in [2.05, 4.69) is 38.4 Å². The van der Waals surface area contributed by atoms with Gasteiger partial charge in [-0.05, 0) is 17.7 Å². The maximum Gasteiger partial charge on any atom is 0.285 e. The molecule has 0 radical (unpaired) electrons. The molecule has 1 aromatic carbocycles. The molecule has 3 nitrogen and oxygen atoms in total. The van der Waals surface area contributed by atoms with Crippen LogP contribution in [0, 0.1) is 0 Å². The van der Waals surface area contributed by atoms with Crippen LogP contribution in [0.2, 0.25) is 0 Å². The van der Waals surface area contributed by atoms with E-state index in [4.69, 9.17) is 4.74 Å². The molecule has 0 spiro atoms. The Kier molecular flexibility index (Phi) is 3.03. The van der Waals surface area contributed by atoms with Crippen LogP contribution in [0.3, 0.4) is 0 Å². The molecule has 0 aliphatic carbocycles. The molecule has 0 bridgehead atoms. The third kappa shape index (κ3) is 2.48. The second-order valence-corrected chi connectivity index (χ2v) is 3.93. The van der Waals surface area contributed by atoms with Crippen LogP contribution in [0.1, 0.15) is 5.56 Å². The quantitative estimate of drug-likeness (QED) is 0.875. The van der Waals surface area contributed by atoms with Gasteiger partial charge in [-0.2, -0.15) is 0 Å². The van der Waals surface area contributed by atoms with Gasteiger partial charge in [0.15, 0.2) is 0 Å². The highest BCUT2D eigenvalue weighted by molar-refractivity contribution is 9.10. The van der Waals surface area contributed by atoms with Gasteiger partial charge in [0, 0.05) is 11.0 Å². The number of benzene rings is 1. The summed E-state index contributed by atoms with van der Waals surface area (Å²) in [5.74, 6) is 0. The molecule has 0 aromatic heterocycles. The molecule has 0 amide bonds. The highest BCUT2D eigenvalue weighted by Gasteiger charge is 2.05. The van der Waals surface area contributed by atoms with Gasteiger partial charge in [0.2, 0.25) is 0 Å². The SMILES string of the molecule is Brc1cccc(CNC2=NCCO2)c1. The molecule has 4 heteroatoms. The van der Waals surface area contributed by atoms with Gasteiger partial charge >= 0.3 is 0 Å². The predicted octanol–water partition coefficient (Wildman–Crippen LogP) is 1.92. The summed E-state index contributed by atoms with van der Waals surface area (Å²) in [6, 6.07) is 8.81. The third-order valence-electron chi connectivity index (χ3n) is 1.92. The largest absolute Gasteiger partial charge is 0.463 e. The van der Waals surface area contributed by atoms with Gasteiger partial charge in [-0.1, -0.05) is 28.1 Å². The number of rotatable bonds is 2. The summed E-state index contributed by atoms with van der Waals surface area (Å²) >= 11 is 3.43. The molecule has 1 aliphatic rings. The van der Waals surface area contributed by atoms with Gasteiger partial charge in [0.25, 0.3) is 6.02 Å². The summed E-state index contributed by atoms with van der Waals surface area (Å²) in [7, 11) is 0. The summed E-state index contributed by atoms with van der Waals surface area (Å²) in [6.45, 7) is 2.21. The highest BCUT2D eigenvalue weighted by atomic mass is 79.9. The third-order valence-corrected chi connectivity index (χ3v) is 2.41. The first-order valence-corrected chi connectivity index (χ1v) is 5.29. The van der Waals surface area contributed by atoms with E-state index in [1.807, 2.05) is 12.1 Å². The van der Waals surface area contributed by atoms with Crippen molar-refractivity contribution in [3.05, 3.63) is 34.3 Å². The summed E-state index contributed by atoms with van der Waals surface area (Å²) in [5.41, 5.74) is 1.21. The van der Waals surface area contributed by atoms with E-state index in [-0.39, 0.29) is 0 Å². The van der Waals surface area contributed by atoms with Crippen LogP contribution < -0.4 is 5.32 Å². The summed E-state index contributed by atoms with van der Waals surface area (Å²) < 4.78 is 6.32. The van der Waals surface area contributed by atoms with Gasteiger partial charge in [0.05, 0.1) is 6.54 Å². The molecule has 74 valence electrons. The number of hydrogen-bond donors (Lipinski definition) is 1. The minimum Gasteiger partial charge on any atom is -0.463 e. The van der Waals surface area contributed by atoms with Crippen molar-refractivity contribution in [2.45, 2.75) is 6.54 Å². The van der Waals surface area contributed by atoms with Crippen LogP contribution in [0.25, 0.3) is 0 Å². The van der Waals surface area contributed by atoms with Crippen LogP contribution in [0.4, 0.5) is 0 Å². The predicted molar refractivity (Wildman–Crippen MR) is 59.2 cm³/mol. The van der Waals surface area contributed by atoms with E-state index in [0.717, 1.165) is 17.6 Å². The van der Waals surface area contributed by atoms with Crippen molar-refractivity contribution in [1.29, 1.82) is 0 Å². The zero-order valence-electron chi connectivity index (χ0n) is 7.66. The van der Waals surface area contributed by atoms with Gasteiger partial charge in [-0.15, -0.1) is 0 Å². The Labute approximate surface area is 91.3 Å². The Morgan fingerprint density at radius 2 is 2.43 bits per heavy atom. The summed E-state index contributed by atoms with van der Waals surface area (Å²) in [5, 5.41) is 3.13. The van der Waals surface area contributed by atoms with E-state index in [1.54, 1.807) is 0 Å². The zero-order valence-corrected chi connectivity index (χ0v) is 9.25. The molecular formula is C10H11BrN2O. The maximum atomic E-state index is 5.23.